The fraction of sp³-hybridized carbons (Fsp3) is 0.692. The van der Waals surface area contributed by atoms with Crippen molar-refractivity contribution >= 4 is 5.91 Å². The molecule has 6 nitrogen and oxygen atoms in total. The minimum Gasteiger partial charge on any atom is -0.392 e. The van der Waals surface area contributed by atoms with Crippen LogP contribution in [0.3, 0.4) is 0 Å². The van der Waals surface area contributed by atoms with Crippen LogP contribution in [0.4, 0.5) is 13.2 Å². The number of halogens is 3. The first-order chi connectivity index (χ1) is 10.3. The third-order valence-corrected chi connectivity index (χ3v) is 4.72. The van der Waals surface area contributed by atoms with Crippen LogP contribution in [0.5, 0.6) is 0 Å². The Morgan fingerprint density at radius 3 is 2.73 bits per heavy atom. The maximum Gasteiger partial charge on any atom is 0.420 e. The first-order valence-corrected chi connectivity index (χ1v) is 7.02. The Morgan fingerprint density at radius 2 is 2.14 bits per heavy atom. The number of amides is 1. The molecule has 1 aliphatic carbocycles. The lowest BCUT2D eigenvalue weighted by molar-refractivity contribution is -0.146. The van der Waals surface area contributed by atoms with Crippen LogP contribution < -0.4 is 5.32 Å². The highest BCUT2D eigenvalue weighted by Gasteiger charge is 2.55. The summed E-state index contributed by atoms with van der Waals surface area (Å²) >= 11 is 0. The number of carbonyl (C=O) groups is 1. The van der Waals surface area contributed by atoms with Crippen molar-refractivity contribution in [3.05, 3.63) is 17.5 Å². The molecule has 1 spiro atoms. The highest BCUT2D eigenvalue weighted by molar-refractivity contribution is 5.94. The Morgan fingerprint density at radius 1 is 1.45 bits per heavy atom. The van der Waals surface area contributed by atoms with Gasteiger partial charge in [-0.1, -0.05) is 0 Å². The minimum atomic E-state index is -4.64. The van der Waals surface area contributed by atoms with Gasteiger partial charge in [0.1, 0.15) is 11.3 Å². The molecule has 1 amide bonds. The zero-order chi connectivity index (χ0) is 16.0. The van der Waals surface area contributed by atoms with E-state index in [4.69, 9.17) is 4.74 Å². The van der Waals surface area contributed by atoms with E-state index in [0.717, 1.165) is 0 Å². The van der Waals surface area contributed by atoms with E-state index in [1.165, 1.54) is 0 Å². The van der Waals surface area contributed by atoms with Crippen LogP contribution in [0.15, 0.2) is 6.20 Å². The topological polar surface area (TPSA) is 87.2 Å². The summed E-state index contributed by atoms with van der Waals surface area (Å²) < 4.78 is 43.6. The van der Waals surface area contributed by atoms with Gasteiger partial charge in [0.2, 0.25) is 0 Å². The Balaban J connectivity index is 1.74. The molecule has 1 saturated carbocycles. The van der Waals surface area contributed by atoms with Crippen molar-refractivity contribution in [2.45, 2.75) is 37.6 Å². The molecule has 3 rings (SSSR count). The molecule has 2 fully saturated rings. The van der Waals surface area contributed by atoms with Gasteiger partial charge in [-0.25, -0.2) is 0 Å². The van der Waals surface area contributed by atoms with Crippen molar-refractivity contribution in [1.29, 1.82) is 0 Å². The molecule has 2 aliphatic rings. The van der Waals surface area contributed by atoms with E-state index < -0.39 is 34.9 Å². The number of aliphatic hydroxyl groups is 1. The standard InChI is InChI=1S/C13H16F3N3O3/c14-13(15,16)7-6-17-19-10(7)11(21)18-8-5-9(20)12(8)1-3-22-4-2-12/h6,8-9,20H,1-5H2,(H,17,19)(H,18,21)/t8-,9-/m1/s1. The summed E-state index contributed by atoms with van der Waals surface area (Å²) in [7, 11) is 0. The van der Waals surface area contributed by atoms with Crippen molar-refractivity contribution < 1.29 is 27.8 Å². The minimum absolute atomic E-state index is 0.335. The van der Waals surface area contributed by atoms with Crippen LogP contribution in [-0.4, -0.2) is 46.6 Å². The van der Waals surface area contributed by atoms with E-state index in [1.54, 1.807) is 0 Å². The van der Waals surface area contributed by atoms with E-state index in [0.29, 0.717) is 38.7 Å². The fourth-order valence-corrected chi connectivity index (χ4v) is 3.30. The Labute approximate surface area is 124 Å². The van der Waals surface area contributed by atoms with Gasteiger partial charge in [-0.05, 0) is 19.3 Å². The summed E-state index contributed by atoms with van der Waals surface area (Å²) in [6, 6.07) is -0.358. The molecular formula is C13H16F3N3O3. The Hall–Kier alpha value is -1.61. The average Bonchev–Trinajstić information content (AvgIpc) is 2.97. The van der Waals surface area contributed by atoms with Gasteiger partial charge in [-0.2, -0.15) is 18.3 Å². The van der Waals surface area contributed by atoms with Crippen LogP contribution in [0.25, 0.3) is 0 Å². The molecule has 0 radical (unpaired) electrons. The third kappa shape index (κ3) is 2.38. The molecule has 22 heavy (non-hydrogen) atoms. The summed E-state index contributed by atoms with van der Waals surface area (Å²) in [5.74, 6) is -0.854. The highest BCUT2D eigenvalue weighted by Crippen LogP contribution is 2.49. The number of nitrogens with one attached hydrogen (secondary N) is 2. The number of rotatable bonds is 2. The number of aliphatic hydroxyl groups excluding tert-OH is 1. The number of aromatic amines is 1. The zero-order valence-corrected chi connectivity index (χ0v) is 11.6. The maximum atomic E-state index is 12.8. The molecule has 0 unspecified atom stereocenters. The van der Waals surface area contributed by atoms with Crippen LogP contribution in [-0.2, 0) is 10.9 Å². The average molecular weight is 319 g/mol. The lowest BCUT2D eigenvalue weighted by Gasteiger charge is -2.55. The van der Waals surface area contributed by atoms with Gasteiger partial charge in [0, 0.05) is 24.7 Å². The Bertz CT molecular complexity index is 566. The second-order valence-corrected chi connectivity index (χ2v) is 5.78. The molecule has 1 saturated heterocycles. The normalized spacial score (nSPS) is 27.5. The highest BCUT2D eigenvalue weighted by atomic mass is 19.4. The summed E-state index contributed by atoms with van der Waals surface area (Å²) in [4.78, 5) is 12.1. The van der Waals surface area contributed by atoms with Gasteiger partial charge >= 0.3 is 6.18 Å². The van der Waals surface area contributed by atoms with Crippen molar-refractivity contribution in [2.75, 3.05) is 13.2 Å². The fourth-order valence-electron chi connectivity index (χ4n) is 3.30. The molecule has 3 N–H and O–H groups in total. The molecule has 1 aromatic rings. The second-order valence-electron chi connectivity index (χ2n) is 5.78. The molecule has 1 aromatic heterocycles. The lowest BCUT2D eigenvalue weighted by atomic mass is 9.58. The van der Waals surface area contributed by atoms with Crippen molar-refractivity contribution in [1.82, 2.24) is 15.5 Å². The molecule has 1 aliphatic heterocycles. The monoisotopic (exact) mass is 319 g/mol. The van der Waals surface area contributed by atoms with Crippen molar-refractivity contribution in [3.8, 4) is 0 Å². The van der Waals surface area contributed by atoms with Gasteiger partial charge in [0.15, 0.2) is 0 Å². The number of H-pyrrole nitrogens is 1. The number of ether oxygens (including phenoxy) is 1. The molecular weight excluding hydrogens is 303 g/mol. The SMILES string of the molecule is O=C(N[C@@H]1C[C@@H](O)C12CCOCC2)c1[nH]ncc1C(F)(F)F. The van der Waals surface area contributed by atoms with E-state index in [1.807, 2.05) is 0 Å². The first-order valence-electron chi connectivity index (χ1n) is 7.02. The van der Waals surface area contributed by atoms with E-state index >= 15 is 0 Å². The number of carbonyl (C=O) groups excluding carboxylic acids is 1. The van der Waals surface area contributed by atoms with Gasteiger partial charge in [-0.3, -0.25) is 9.89 Å². The lowest BCUT2D eigenvalue weighted by Crippen LogP contribution is -2.65. The quantitative estimate of drug-likeness (QED) is 0.761. The van der Waals surface area contributed by atoms with Crippen molar-refractivity contribution in [2.24, 2.45) is 5.41 Å². The zero-order valence-electron chi connectivity index (χ0n) is 11.6. The number of hydrogen-bond acceptors (Lipinski definition) is 4. The van der Waals surface area contributed by atoms with E-state index in [-0.39, 0.29) is 6.04 Å². The molecule has 2 atom stereocenters. The number of aromatic nitrogens is 2. The predicted molar refractivity (Wildman–Crippen MR) is 68.0 cm³/mol. The molecule has 122 valence electrons. The van der Waals surface area contributed by atoms with Crippen LogP contribution in [0.2, 0.25) is 0 Å². The van der Waals surface area contributed by atoms with Crippen LogP contribution >= 0.6 is 0 Å². The number of alkyl halides is 3. The summed E-state index contributed by atoms with van der Waals surface area (Å²) in [6.45, 7) is 0.947. The smallest absolute Gasteiger partial charge is 0.392 e. The molecule has 9 heteroatoms. The molecule has 0 bridgehead atoms. The van der Waals surface area contributed by atoms with Gasteiger partial charge in [0.05, 0.1) is 12.3 Å². The largest absolute Gasteiger partial charge is 0.420 e. The molecule has 0 aromatic carbocycles. The summed E-state index contributed by atoms with van der Waals surface area (Å²) in [5.41, 5.74) is -2.19. The number of nitrogens with zero attached hydrogens (tertiary/aromatic N) is 1. The van der Waals surface area contributed by atoms with Crippen LogP contribution in [0.1, 0.15) is 35.3 Å². The predicted octanol–water partition coefficient (Wildman–Crippen LogP) is 1.09. The molecule has 2 heterocycles. The van der Waals surface area contributed by atoms with Crippen molar-refractivity contribution in [3.63, 3.8) is 0 Å². The second kappa shape index (κ2) is 5.24. The summed E-state index contributed by atoms with van der Waals surface area (Å²) in [6.07, 6.45) is -3.13. The van der Waals surface area contributed by atoms with Gasteiger partial charge in [0.25, 0.3) is 5.91 Å². The van der Waals surface area contributed by atoms with Gasteiger partial charge < -0.3 is 15.2 Å². The summed E-state index contributed by atoms with van der Waals surface area (Å²) in [5, 5.41) is 18.0. The van der Waals surface area contributed by atoms with E-state index in [2.05, 4.69) is 15.5 Å². The third-order valence-electron chi connectivity index (χ3n) is 4.72. The number of hydrogen-bond donors (Lipinski definition) is 3. The van der Waals surface area contributed by atoms with Crippen LogP contribution in [0, 0.1) is 5.41 Å². The Kier molecular flexibility index (Phi) is 3.64. The maximum absolute atomic E-state index is 12.8. The van der Waals surface area contributed by atoms with Gasteiger partial charge in [-0.15, -0.1) is 0 Å². The first kappa shape index (κ1) is 15.3. The van der Waals surface area contributed by atoms with E-state index in [9.17, 15) is 23.1 Å².